The molecule has 0 saturated heterocycles. The molecule has 0 aromatic heterocycles. The molecule has 3 aromatic carbocycles. The molecule has 3 rings (SSSR count). The van der Waals surface area contributed by atoms with Gasteiger partial charge in [0.2, 0.25) is 11.8 Å². The third-order valence-corrected chi connectivity index (χ3v) is 15.5. The van der Waals surface area contributed by atoms with Crippen LogP contribution in [0.4, 0.5) is 0 Å². The van der Waals surface area contributed by atoms with Crippen molar-refractivity contribution in [3.05, 3.63) is 95.6 Å². The molecule has 8 nitrogen and oxygen atoms in total. The first kappa shape index (κ1) is 35.3. The number of nitrogens with zero attached hydrogens (tertiary/aromatic N) is 3. The van der Waals surface area contributed by atoms with Gasteiger partial charge in [-0.25, -0.2) is 0 Å². The van der Waals surface area contributed by atoms with E-state index in [1.54, 1.807) is 25.2 Å². The van der Waals surface area contributed by atoms with Crippen LogP contribution in [0.15, 0.2) is 84.0 Å². The molecule has 0 amide bonds. The normalized spacial score (nSPS) is 13.7. The molecule has 2 atom stereocenters. The fourth-order valence-corrected chi connectivity index (χ4v) is 13.7. The standard InChI is InChI=1S/C30H44N3O5P2SSi2/c1-32(24-26-13-11-10-12-14-26)30(40(34,37-42(4,5)6)38-43(7,8)9)27-17-21-29(22-18-27)36-39(41)33(2)31-23-25-15-19-28(35-3)20-16-25/h10-23,30H,24H2,1-9H3/q+1/b31-23+. The Morgan fingerprint density at radius 3 is 1.91 bits per heavy atom. The molecule has 0 aliphatic heterocycles. The molecule has 0 aliphatic rings. The minimum absolute atomic E-state index is 0.576. The van der Waals surface area contributed by atoms with E-state index in [1.165, 1.54) is 0 Å². The van der Waals surface area contributed by atoms with Gasteiger partial charge in [-0.1, -0.05) is 47.2 Å². The van der Waals surface area contributed by atoms with Gasteiger partial charge in [-0.3, -0.25) is 14.0 Å². The summed E-state index contributed by atoms with van der Waals surface area (Å²) in [6, 6.07) is 25.3. The highest BCUT2D eigenvalue weighted by Gasteiger charge is 2.46. The van der Waals surface area contributed by atoms with Gasteiger partial charge < -0.3 is 13.2 Å². The Kier molecular flexibility index (Phi) is 12.5. The van der Waals surface area contributed by atoms with Gasteiger partial charge in [0.25, 0.3) is 0 Å². The number of methoxy groups -OCH3 is 1. The summed E-state index contributed by atoms with van der Waals surface area (Å²) < 4.78 is 40.7. The van der Waals surface area contributed by atoms with E-state index in [1.807, 2.05) is 113 Å². The van der Waals surface area contributed by atoms with Crippen molar-refractivity contribution in [3.8, 4) is 11.5 Å². The number of ether oxygens (including phenoxy) is 1. The monoisotopic (exact) mass is 676 g/mol. The zero-order chi connectivity index (χ0) is 31.8. The first-order chi connectivity index (χ1) is 20.1. The predicted octanol–water partition coefficient (Wildman–Crippen LogP) is 8.84. The number of benzene rings is 3. The van der Waals surface area contributed by atoms with Crippen molar-refractivity contribution in [1.29, 1.82) is 0 Å². The van der Waals surface area contributed by atoms with Crippen molar-refractivity contribution < 1.29 is 22.3 Å². The smallest absolute Gasteiger partial charge is 0.497 e. The molecule has 3 aromatic rings. The lowest BCUT2D eigenvalue weighted by atomic mass is 10.1. The lowest BCUT2D eigenvalue weighted by Crippen LogP contribution is -2.35. The highest BCUT2D eigenvalue weighted by molar-refractivity contribution is 8.02. The summed E-state index contributed by atoms with van der Waals surface area (Å²) >= 11 is 5.63. The highest BCUT2D eigenvalue weighted by Crippen LogP contribution is 2.65. The number of rotatable bonds is 15. The van der Waals surface area contributed by atoms with Crippen molar-refractivity contribution in [1.82, 2.24) is 9.68 Å². The van der Waals surface area contributed by atoms with Crippen molar-refractivity contribution >= 4 is 49.3 Å². The average molecular weight is 677 g/mol. The van der Waals surface area contributed by atoms with Gasteiger partial charge in [-0.05, 0) is 99.4 Å². The van der Waals surface area contributed by atoms with Gasteiger partial charge in [-0.15, -0.1) is 5.10 Å². The summed E-state index contributed by atoms with van der Waals surface area (Å²) in [6.45, 7) is 12.8. The van der Waals surface area contributed by atoms with Crippen LogP contribution >= 0.6 is 14.7 Å². The minimum Gasteiger partial charge on any atom is -0.497 e. The summed E-state index contributed by atoms with van der Waals surface area (Å²) in [5.74, 6) is 0.779. The van der Waals surface area contributed by atoms with E-state index in [0.29, 0.717) is 12.3 Å². The average Bonchev–Trinajstić information content (AvgIpc) is 2.91. The molecule has 13 heteroatoms. The Morgan fingerprint density at radius 2 is 1.40 bits per heavy atom. The first-order valence-corrected chi connectivity index (χ1v) is 24.7. The third kappa shape index (κ3) is 11.3. The zero-order valence-electron chi connectivity index (χ0n) is 26.6. The second-order valence-corrected chi connectivity index (χ2v) is 25.8. The van der Waals surface area contributed by atoms with Gasteiger partial charge >= 0.3 is 14.7 Å². The fourth-order valence-electron chi connectivity index (χ4n) is 4.25. The third-order valence-electron chi connectivity index (χ3n) is 5.88. The van der Waals surface area contributed by atoms with Crippen LogP contribution in [0, 0.1) is 0 Å². The summed E-state index contributed by atoms with van der Waals surface area (Å²) in [5.41, 5.74) is 2.86. The van der Waals surface area contributed by atoms with E-state index in [0.717, 1.165) is 22.4 Å². The molecule has 0 bridgehead atoms. The van der Waals surface area contributed by atoms with Crippen LogP contribution in [0.25, 0.3) is 0 Å². The van der Waals surface area contributed by atoms with E-state index in [-0.39, 0.29) is 0 Å². The topological polar surface area (TPSA) is 72.8 Å². The van der Waals surface area contributed by atoms with Gasteiger partial charge in [-0.2, -0.15) is 0 Å². The Balaban J connectivity index is 1.86. The van der Waals surface area contributed by atoms with Crippen LogP contribution in [0.3, 0.4) is 0 Å². The molecule has 43 heavy (non-hydrogen) atoms. The summed E-state index contributed by atoms with van der Waals surface area (Å²) in [5, 5.41) is 4.45. The van der Waals surface area contributed by atoms with Crippen molar-refractivity contribution in [2.45, 2.75) is 51.6 Å². The van der Waals surface area contributed by atoms with E-state index in [9.17, 15) is 4.57 Å². The largest absolute Gasteiger partial charge is 0.540 e. The molecule has 0 heterocycles. The first-order valence-electron chi connectivity index (χ1n) is 14.0. The van der Waals surface area contributed by atoms with E-state index in [4.69, 9.17) is 29.5 Å². The van der Waals surface area contributed by atoms with Gasteiger partial charge in [0.05, 0.1) is 20.4 Å². The van der Waals surface area contributed by atoms with Crippen LogP contribution in [0.1, 0.15) is 22.5 Å². The Bertz CT molecular complexity index is 1400. The van der Waals surface area contributed by atoms with Crippen LogP contribution in [0.2, 0.25) is 39.3 Å². The van der Waals surface area contributed by atoms with Crippen LogP contribution < -0.4 is 9.26 Å². The molecule has 2 unspecified atom stereocenters. The molecule has 0 N–H and O–H groups in total. The van der Waals surface area contributed by atoms with Gasteiger partial charge in [0.1, 0.15) is 11.5 Å². The molecule has 0 spiro atoms. The summed E-state index contributed by atoms with van der Waals surface area (Å²) in [7, 11) is -4.23. The van der Waals surface area contributed by atoms with E-state index in [2.05, 4.69) is 22.1 Å². The van der Waals surface area contributed by atoms with E-state index >= 15 is 0 Å². The molecule has 0 aliphatic carbocycles. The Hall–Kier alpha value is -2.21. The maximum absolute atomic E-state index is 14.9. The van der Waals surface area contributed by atoms with Crippen molar-refractivity contribution in [2.75, 3.05) is 21.2 Å². The molecule has 0 radical (unpaired) electrons. The lowest BCUT2D eigenvalue weighted by Gasteiger charge is -2.39. The van der Waals surface area contributed by atoms with E-state index < -0.39 is 37.1 Å². The highest BCUT2D eigenvalue weighted by atomic mass is 32.4. The van der Waals surface area contributed by atoms with Crippen LogP contribution in [-0.4, -0.2) is 53.7 Å². The van der Waals surface area contributed by atoms with Gasteiger partial charge in [0, 0.05) is 6.54 Å². The SMILES string of the molecule is COc1ccc(/C=N/N(C)[P+](=S)Oc2ccc(C(N(C)Cc3ccccc3)P(=O)(O[Si](C)(C)C)O[Si](C)(C)C)cc2)cc1. The predicted molar refractivity (Wildman–Crippen MR) is 187 cm³/mol. The van der Waals surface area contributed by atoms with Gasteiger partial charge in [0.15, 0.2) is 22.4 Å². The maximum atomic E-state index is 14.9. The number of hydrogen-bond acceptors (Lipinski definition) is 8. The second kappa shape index (κ2) is 15.2. The van der Waals surface area contributed by atoms with Crippen LogP contribution in [-0.2, 0) is 31.3 Å². The quantitative estimate of drug-likeness (QED) is 0.0685. The Labute approximate surface area is 265 Å². The number of hydrazone groups is 1. The fraction of sp³-hybridized carbons (Fsp3) is 0.367. The maximum Gasteiger partial charge on any atom is 0.540 e. The zero-order valence-corrected chi connectivity index (χ0v) is 31.2. The second-order valence-electron chi connectivity index (χ2n) is 12.1. The van der Waals surface area contributed by atoms with Crippen LogP contribution in [0.5, 0.6) is 11.5 Å². The number of hydrogen-bond donors (Lipinski definition) is 0. The minimum atomic E-state index is -3.63. The summed E-state index contributed by atoms with van der Waals surface area (Å²) in [6.07, 6.45) is 1.73. The molecule has 0 saturated carbocycles. The molecule has 232 valence electrons. The molecular formula is C30H44N3O5P2SSi2+. The Morgan fingerprint density at radius 1 is 0.860 bits per heavy atom. The van der Waals surface area contributed by atoms with Crippen molar-refractivity contribution in [3.63, 3.8) is 0 Å². The lowest BCUT2D eigenvalue weighted by molar-refractivity contribution is 0.251. The van der Waals surface area contributed by atoms with Crippen molar-refractivity contribution in [2.24, 2.45) is 5.10 Å². The molecular weight excluding hydrogens is 633 g/mol. The summed E-state index contributed by atoms with van der Waals surface area (Å²) in [4.78, 5) is 2.06. The molecule has 0 fully saturated rings.